The number of ether oxygens (including phenoxy) is 2. The lowest BCUT2D eigenvalue weighted by atomic mass is 10.1. The van der Waals surface area contributed by atoms with E-state index in [4.69, 9.17) is 9.47 Å². The van der Waals surface area contributed by atoms with Gasteiger partial charge in [-0.15, -0.1) is 0 Å². The van der Waals surface area contributed by atoms with E-state index in [1.54, 1.807) is 12.4 Å². The van der Waals surface area contributed by atoms with Crippen molar-refractivity contribution in [1.29, 1.82) is 0 Å². The predicted molar refractivity (Wildman–Crippen MR) is 69.5 cm³/mol. The lowest BCUT2D eigenvalue weighted by molar-refractivity contribution is 0.275. The highest BCUT2D eigenvalue weighted by Gasteiger charge is 2.09. The zero-order valence-corrected chi connectivity index (χ0v) is 10.6. The van der Waals surface area contributed by atoms with Gasteiger partial charge in [0, 0.05) is 12.4 Å². The van der Waals surface area contributed by atoms with Crippen LogP contribution in [0.5, 0.6) is 11.6 Å². The summed E-state index contributed by atoms with van der Waals surface area (Å²) in [6.07, 6.45) is 6.52. The fourth-order valence-electron chi connectivity index (χ4n) is 1.65. The molecule has 0 amide bonds. The maximum absolute atomic E-state index is 11.4. The normalized spacial score (nSPS) is 10.2. The van der Waals surface area contributed by atoms with Crippen LogP contribution in [-0.4, -0.2) is 28.7 Å². The van der Waals surface area contributed by atoms with E-state index in [1.165, 1.54) is 19.0 Å². The van der Waals surface area contributed by atoms with Gasteiger partial charge in [-0.2, -0.15) is 0 Å². The molecule has 0 spiro atoms. The van der Waals surface area contributed by atoms with Gasteiger partial charge in [-0.3, -0.25) is 9.78 Å². The summed E-state index contributed by atoms with van der Waals surface area (Å²) in [7, 11) is 1.41. The van der Waals surface area contributed by atoms with Crippen molar-refractivity contribution in [1.82, 2.24) is 15.0 Å². The van der Waals surface area contributed by atoms with Crippen molar-refractivity contribution >= 4 is 0 Å². The van der Waals surface area contributed by atoms with E-state index in [0.717, 1.165) is 12.8 Å². The van der Waals surface area contributed by atoms with Gasteiger partial charge in [0.15, 0.2) is 0 Å². The number of pyridine rings is 1. The number of aryl methyl sites for hydroxylation is 1. The molecule has 0 unspecified atom stereocenters. The first kappa shape index (κ1) is 13.1. The van der Waals surface area contributed by atoms with E-state index in [1.807, 2.05) is 12.1 Å². The van der Waals surface area contributed by atoms with Gasteiger partial charge in [-0.25, -0.2) is 4.98 Å². The van der Waals surface area contributed by atoms with Crippen molar-refractivity contribution in [3.8, 4) is 11.6 Å². The third-order valence-corrected chi connectivity index (χ3v) is 2.58. The molecule has 1 N–H and O–H groups in total. The lowest BCUT2D eigenvalue weighted by Gasteiger charge is -2.07. The quantitative estimate of drug-likeness (QED) is 0.790. The van der Waals surface area contributed by atoms with Gasteiger partial charge in [0.1, 0.15) is 0 Å². The predicted octanol–water partition coefficient (Wildman–Crippen LogP) is 1.19. The number of hydrogen-bond donors (Lipinski definition) is 1. The molecule has 0 fully saturated rings. The molecule has 2 aromatic heterocycles. The zero-order valence-electron chi connectivity index (χ0n) is 10.6. The second kappa shape index (κ2) is 6.53. The molecule has 0 aliphatic carbocycles. The van der Waals surface area contributed by atoms with Gasteiger partial charge < -0.3 is 14.5 Å². The largest absolute Gasteiger partial charge is 0.487 e. The zero-order chi connectivity index (χ0) is 13.5. The molecule has 0 radical (unpaired) electrons. The molecule has 0 atom stereocenters. The lowest BCUT2D eigenvalue weighted by Crippen LogP contribution is -2.12. The van der Waals surface area contributed by atoms with Crippen LogP contribution in [0.3, 0.4) is 0 Å². The molecule has 2 aromatic rings. The monoisotopic (exact) mass is 261 g/mol. The number of H-pyrrole nitrogens is 1. The van der Waals surface area contributed by atoms with E-state index in [-0.39, 0.29) is 17.2 Å². The summed E-state index contributed by atoms with van der Waals surface area (Å²) in [5, 5.41) is 0. The first-order valence-corrected chi connectivity index (χ1v) is 5.94. The molecule has 6 nitrogen and oxygen atoms in total. The summed E-state index contributed by atoms with van der Waals surface area (Å²) in [6, 6.07) is 3.93. The maximum atomic E-state index is 11.4. The molecular formula is C13H15N3O3. The number of nitrogens with zero attached hydrogens (tertiary/aromatic N) is 2. The molecule has 6 heteroatoms. The SMILES string of the molecule is COc1c(OCCCc2ccncc2)nc[nH]c1=O. The average molecular weight is 261 g/mol. The van der Waals surface area contributed by atoms with E-state index >= 15 is 0 Å². The molecule has 100 valence electrons. The van der Waals surface area contributed by atoms with E-state index < -0.39 is 0 Å². The molecule has 2 rings (SSSR count). The van der Waals surface area contributed by atoms with Crippen molar-refractivity contribution in [2.24, 2.45) is 0 Å². The standard InChI is InChI=1S/C13H15N3O3/c1-18-11-12(17)15-9-16-13(11)19-8-2-3-10-4-6-14-7-5-10/h4-7,9H,2-3,8H2,1H3,(H,15,16,17). The number of aromatic amines is 1. The van der Waals surface area contributed by atoms with E-state index in [9.17, 15) is 4.79 Å². The van der Waals surface area contributed by atoms with Crippen molar-refractivity contribution < 1.29 is 9.47 Å². The summed E-state index contributed by atoms with van der Waals surface area (Å²) in [4.78, 5) is 21.7. The summed E-state index contributed by atoms with van der Waals surface area (Å²) < 4.78 is 10.4. The van der Waals surface area contributed by atoms with Gasteiger partial charge in [0.05, 0.1) is 20.0 Å². The van der Waals surface area contributed by atoms with Crippen LogP contribution in [0.1, 0.15) is 12.0 Å². The van der Waals surface area contributed by atoms with Crippen LogP contribution in [0.25, 0.3) is 0 Å². The second-order valence-electron chi connectivity index (χ2n) is 3.88. The summed E-state index contributed by atoms with van der Waals surface area (Å²) in [5.41, 5.74) is 0.853. The number of hydrogen-bond acceptors (Lipinski definition) is 5. The Hall–Kier alpha value is -2.37. The molecule has 2 heterocycles. The Kier molecular flexibility index (Phi) is 4.49. The smallest absolute Gasteiger partial charge is 0.297 e. The molecular weight excluding hydrogens is 246 g/mol. The average Bonchev–Trinajstić information content (AvgIpc) is 2.45. The Bertz CT molecular complexity index is 569. The van der Waals surface area contributed by atoms with Crippen LogP contribution in [-0.2, 0) is 6.42 Å². The fraction of sp³-hybridized carbons (Fsp3) is 0.308. The highest BCUT2D eigenvalue weighted by molar-refractivity contribution is 5.29. The first-order chi connectivity index (χ1) is 9.31. The summed E-state index contributed by atoms with van der Waals surface area (Å²) in [6.45, 7) is 0.467. The van der Waals surface area contributed by atoms with Crippen LogP contribution in [0.2, 0.25) is 0 Å². The van der Waals surface area contributed by atoms with Crippen molar-refractivity contribution in [3.63, 3.8) is 0 Å². The minimum Gasteiger partial charge on any atom is -0.487 e. The summed E-state index contributed by atoms with van der Waals surface area (Å²) >= 11 is 0. The fourth-order valence-corrected chi connectivity index (χ4v) is 1.65. The molecule has 0 bridgehead atoms. The van der Waals surface area contributed by atoms with Crippen molar-refractivity contribution in [3.05, 3.63) is 46.8 Å². The first-order valence-electron chi connectivity index (χ1n) is 5.94. The Morgan fingerprint density at radius 2 is 2.11 bits per heavy atom. The topological polar surface area (TPSA) is 77.1 Å². The maximum Gasteiger partial charge on any atom is 0.297 e. The molecule has 0 aliphatic rings. The van der Waals surface area contributed by atoms with Gasteiger partial charge >= 0.3 is 0 Å². The van der Waals surface area contributed by atoms with Crippen LogP contribution < -0.4 is 15.0 Å². The number of methoxy groups -OCH3 is 1. The number of nitrogens with one attached hydrogen (secondary N) is 1. The van der Waals surface area contributed by atoms with Gasteiger partial charge in [-0.05, 0) is 30.5 Å². The molecule has 0 aromatic carbocycles. The van der Waals surface area contributed by atoms with Gasteiger partial charge in [0.25, 0.3) is 11.4 Å². The van der Waals surface area contributed by atoms with Crippen LogP contribution in [0, 0.1) is 0 Å². The molecule has 0 saturated heterocycles. The second-order valence-corrected chi connectivity index (χ2v) is 3.88. The Morgan fingerprint density at radius 3 is 2.84 bits per heavy atom. The minimum absolute atomic E-state index is 0.103. The summed E-state index contributed by atoms with van der Waals surface area (Å²) in [5.74, 6) is 0.326. The molecule has 0 saturated carbocycles. The molecule has 19 heavy (non-hydrogen) atoms. The van der Waals surface area contributed by atoms with Crippen molar-refractivity contribution in [2.45, 2.75) is 12.8 Å². The Balaban J connectivity index is 1.86. The van der Waals surface area contributed by atoms with E-state index in [0.29, 0.717) is 6.61 Å². The Morgan fingerprint density at radius 1 is 1.32 bits per heavy atom. The number of aromatic nitrogens is 3. The van der Waals surface area contributed by atoms with Crippen molar-refractivity contribution in [2.75, 3.05) is 13.7 Å². The van der Waals surface area contributed by atoms with Crippen LogP contribution >= 0.6 is 0 Å². The van der Waals surface area contributed by atoms with Crippen LogP contribution in [0.15, 0.2) is 35.6 Å². The Labute approximate surface area is 110 Å². The minimum atomic E-state index is -0.346. The molecule has 0 aliphatic heterocycles. The van der Waals surface area contributed by atoms with Crippen LogP contribution in [0.4, 0.5) is 0 Å². The third kappa shape index (κ3) is 3.54. The number of rotatable bonds is 6. The van der Waals surface area contributed by atoms with E-state index in [2.05, 4.69) is 15.0 Å². The van der Waals surface area contributed by atoms with Gasteiger partial charge in [-0.1, -0.05) is 0 Å². The highest BCUT2D eigenvalue weighted by atomic mass is 16.5. The van der Waals surface area contributed by atoms with Gasteiger partial charge in [0.2, 0.25) is 5.75 Å². The highest BCUT2D eigenvalue weighted by Crippen LogP contribution is 2.17. The third-order valence-electron chi connectivity index (χ3n) is 2.58.